The molecule has 2 rings (SSSR count). The normalized spacial score (nSPS) is 50.3. The minimum Gasteiger partial charge on any atom is -0.334 e. The van der Waals surface area contributed by atoms with Gasteiger partial charge in [-0.2, -0.15) is 0 Å². The van der Waals surface area contributed by atoms with Gasteiger partial charge in [-0.05, 0) is 53.9 Å². The summed E-state index contributed by atoms with van der Waals surface area (Å²) in [5.74, 6) is 5.08. The maximum absolute atomic E-state index is 4.28. The van der Waals surface area contributed by atoms with Crippen LogP contribution in [0.1, 0.15) is 54.4 Å². The van der Waals surface area contributed by atoms with E-state index < -0.39 is 8.24 Å². The molecule has 0 aromatic heterocycles. The fourth-order valence-corrected chi connectivity index (χ4v) is 12.0. The van der Waals surface area contributed by atoms with Crippen molar-refractivity contribution < 1.29 is 0 Å². The molecule has 1 nitrogen and oxygen atoms in total. The van der Waals surface area contributed by atoms with Gasteiger partial charge in [0.05, 0.1) is 0 Å². The molecular formula is C19H38BrNSi. The van der Waals surface area contributed by atoms with Crippen LogP contribution < -0.4 is 4.98 Å². The van der Waals surface area contributed by atoms with Crippen LogP contribution in [-0.4, -0.2) is 19.1 Å². The fraction of sp³-hybridized carbons (Fsp3) is 1.00. The van der Waals surface area contributed by atoms with Crippen molar-refractivity contribution >= 4 is 24.2 Å². The highest BCUT2D eigenvalue weighted by molar-refractivity contribution is 9.09. The third-order valence-corrected chi connectivity index (χ3v) is 12.0. The molecule has 0 spiro atoms. The summed E-state index contributed by atoms with van der Waals surface area (Å²) >= 11 is 3.86. The van der Waals surface area contributed by atoms with Crippen molar-refractivity contribution in [3.8, 4) is 0 Å². The molecule has 2 saturated carbocycles. The van der Waals surface area contributed by atoms with E-state index in [1.165, 1.54) is 12.8 Å². The number of rotatable bonds is 3. The molecule has 0 bridgehead atoms. The molecule has 0 radical (unpaired) electrons. The van der Waals surface area contributed by atoms with Gasteiger partial charge in [0.1, 0.15) is 8.24 Å². The molecule has 2 fully saturated rings. The van der Waals surface area contributed by atoms with E-state index in [0.29, 0.717) is 0 Å². The van der Waals surface area contributed by atoms with E-state index in [9.17, 15) is 0 Å². The highest BCUT2D eigenvalue weighted by atomic mass is 79.9. The number of hydrogen-bond donors (Lipinski definition) is 1. The van der Waals surface area contributed by atoms with Crippen LogP contribution in [0.4, 0.5) is 0 Å². The Balaban J connectivity index is 2.13. The molecule has 0 amide bonds. The zero-order valence-corrected chi connectivity index (χ0v) is 18.6. The number of alkyl halides is 1. The Hall–Kier alpha value is 0.657. The first-order valence-corrected chi connectivity index (χ1v) is 13.5. The van der Waals surface area contributed by atoms with Crippen LogP contribution in [-0.2, 0) is 0 Å². The van der Waals surface area contributed by atoms with Crippen molar-refractivity contribution in [2.75, 3.05) is 0 Å². The van der Waals surface area contributed by atoms with Crippen LogP contribution in [0.3, 0.4) is 0 Å². The van der Waals surface area contributed by atoms with Crippen LogP contribution in [0.15, 0.2) is 0 Å². The third kappa shape index (κ3) is 3.51. The first-order valence-electron chi connectivity index (χ1n) is 9.48. The molecule has 6 atom stereocenters. The van der Waals surface area contributed by atoms with E-state index in [4.69, 9.17) is 0 Å². The molecule has 6 unspecified atom stereocenters. The topological polar surface area (TPSA) is 12.0 Å². The second-order valence-corrected chi connectivity index (χ2v) is 15.1. The lowest BCUT2D eigenvalue weighted by Crippen LogP contribution is -2.60. The van der Waals surface area contributed by atoms with E-state index in [1.54, 1.807) is 0 Å². The van der Waals surface area contributed by atoms with Gasteiger partial charge in [0.25, 0.3) is 0 Å². The minimum atomic E-state index is -1.44. The molecule has 0 heterocycles. The Labute approximate surface area is 148 Å². The van der Waals surface area contributed by atoms with Gasteiger partial charge in [0.2, 0.25) is 0 Å². The van der Waals surface area contributed by atoms with Crippen molar-refractivity contribution in [2.24, 2.45) is 35.5 Å². The van der Waals surface area contributed by atoms with Gasteiger partial charge in [-0.1, -0.05) is 70.6 Å². The zero-order valence-electron chi connectivity index (χ0n) is 16.0. The Bertz CT molecular complexity index is 360. The van der Waals surface area contributed by atoms with Gasteiger partial charge in [-0.3, -0.25) is 0 Å². The maximum atomic E-state index is 4.28. The highest BCUT2D eigenvalue weighted by Crippen LogP contribution is 2.53. The van der Waals surface area contributed by atoms with Crippen molar-refractivity contribution in [1.29, 1.82) is 0 Å². The van der Waals surface area contributed by atoms with Crippen molar-refractivity contribution in [3.05, 3.63) is 0 Å². The Morgan fingerprint density at radius 1 is 0.773 bits per heavy atom. The second kappa shape index (κ2) is 6.88. The molecular weight excluding hydrogens is 350 g/mol. The SMILES string of the molecule is CC1CC(Br)CC(C)C1N[Si](C)(C)C1C(C)C(C)C(C)C1C. The van der Waals surface area contributed by atoms with Gasteiger partial charge < -0.3 is 4.98 Å². The Kier molecular flexibility index (Phi) is 5.94. The minimum absolute atomic E-state index is 0.723. The van der Waals surface area contributed by atoms with Crippen LogP contribution in [0.5, 0.6) is 0 Å². The molecule has 0 aromatic rings. The maximum Gasteiger partial charge on any atom is 0.123 e. The smallest absolute Gasteiger partial charge is 0.123 e. The highest BCUT2D eigenvalue weighted by Gasteiger charge is 2.50. The van der Waals surface area contributed by atoms with E-state index >= 15 is 0 Å². The van der Waals surface area contributed by atoms with Crippen LogP contribution >= 0.6 is 15.9 Å². The number of hydrogen-bond acceptors (Lipinski definition) is 1. The molecule has 0 aromatic carbocycles. The van der Waals surface area contributed by atoms with Crippen LogP contribution in [0.25, 0.3) is 0 Å². The quantitative estimate of drug-likeness (QED) is 0.468. The summed E-state index contributed by atoms with van der Waals surface area (Å²) < 4.78 is 0. The third-order valence-electron chi connectivity index (χ3n) is 7.47. The van der Waals surface area contributed by atoms with Crippen molar-refractivity contribution in [1.82, 2.24) is 4.98 Å². The summed E-state index contributed by atoms with van der Waals surface area (Å²) in [6.45, 7) is 20.1. The van der Waals surface area contributed by atoms with E-state index in [-0.39, 0.29) is 0 Å². The Morgan fingerprint density at radius 2 is 1.18 bits per heavy atom. The summed E-state index contributed by atoms with van der Waals surface area (Å²) in [5.41, 5.74) is 0.915. The number of halogens is 1. The zero-order chi connectivity index (χ0) is 16.8. The van der Waals surface area contributed by atoms with Crippen molar-refractivity contribution in [3.63, 3.8) is 0 Å². The molecule has 2 aliphatic carbocycles. The standard InChI is InChI=1S/C19H38BrNSi/c1-11-9-17(20)10-12(2)18(11)21-22(7,8)19-15(5)13(3)14(4)16(19)6/h11-19,21H,9-10H2,1-8H3. The summed E-state index contributed by atoms with van der Waals surface area (Å²) in [6.07, 6.45) is 2.66. The molecule has 2 aliphatic rings. The van der Waals surface area contributed by atoms with Gasteiger partial charge >= 0.3 is 0 Å². The largest absolute Gasteiger partial charge is 0.334 e. The summed E-state index contributed by atoms with van der Waals surface area (Å²) in [6, 6.07) is 0.723. The number of nitrogens with one attached hydrogen (secondary N) is 1. The fourth-order valence-electron chi connectivity index (χ4n) is 5.97. The summed E-state index contributed by atoms with van der Waals surface area (Å²) in [7, 11) is -1.44. The van der Waals surface area contributed by atoms with Crippen LogP contribution in [0.2, 0.25) is 18.6 Å². The van der Waals surface area contributed by atoms with Crippen LogP contribution in [0, 0.1) is 35.5 Å². The molecule has 22 heavy (non-hydrogen) atoms. The Morgan fingerprint density at radius 3 is 1.59 bits per heavy atom. The first kappa shape index (κ1) is 19.0. The van der Waals surface area contributed by atoms with E-state index in [1.807, 2.05) is 0 Å². The summed E-state index contributed by atoms with van der Waals surface area (Å²) in [5, 5.41) is 0. The molecule has 3 heteroatoms. The molecule has 0 aliphatic heterocycles. The van der Waals surface area contributed by atoms with Gasteiger partial charge in [0.15, 0.2) is 0 Å². The monoisotopic (exact) mass is 387 g/mol. The van der Waals surface area contributed by atoms with Gasteiger partial charge in [0, 0.05) is 10.9 Å². The first-order chi connectivity index (χ1) is 10.1. The van der Waals surface area contributed by atoms with E-state index in [0.717, 1.165) is 51.9 Å². The predicted molar refractivity (Wildman–Crippen MR) is 105 cm³/mol. The molecule has 0 saturated heterocycles. The lowest BCUT2D eigenvalue weighted by Gasteiger charge is -2.46. The lowest BCUT2D eigenvalue weighted by molar-refractivity contribution is 0.237. The van der Waals surface area contributed by atoms with Gasteiger partial charge in [-0.15, -0.1) is 0 Å². The summed E-state index contributed by atoms with van der Waals surface area (Å²) in [4.78, 5) is 5.00. The van der Waals surface area contributed by atoms with Crippen molar-refractivity contribution in [2.45, 2.75) is 83.9 Å². The van der Waals surface area contributed by atoms with Gasteiger partial charge in [-0.25, -0.2) is 0 Å². The lowest BCUT2D eigenvalue weighted by atomic mass is 9.79. The molecule has 130 valence electrons. The molecule has 1 N–H and O–H groups in total. The predicted octanol–water partition coefficient (Wildman–Crippen LogP) is 5.91. The van der Waals surface area contributed by atoms with E-state index in [2.05, 4.69) is 75.5 Å². The second-order valence-electron chi connectivity index (χ2n) is 9.38. The average molecular weight is 389 g/mol. The average Bonchev–Trinajstić information content (AvgIpc) is 2.58.